The molecule has 0 aliphatic carbocycles. The Morgan fingerprint density at radius 1 is 1.29 bits per heavy atom. The van der Waals surface area contributed by atoms with Gasteiger partial charge in [0.2, 0.25) is 5.91 Å². The third kappa shape index (κ3) is 7.34. The van der Waals surface area contributed by atoms with Crippen molar-refractivity contribution in [3.05, 3.63) is 0 Å². The van der Waals surface area contributed by atoms with E-state index in [0.717, 1.165) is 51.7 Å². The molecule has 100 valence electrons. The number of carbonyl (C=O) groups excluding carboxylic acids is 1. The summed E-state index contributed by atoms with van der Waals surface area (Å²) in [6, 6.07) is 0. The minimum absolute atomic E-state index is 0.194. The molecular weight excluding hydrogens is 216 g/mol. The Hall–Kier alpha value is -0.610. The van der Waals surface area contributed by atoms with Crippen molar-refractivity contribution >= 4 is 5.91 Å². The van der Waals surface area contributed by atoms with Gasteiger partial charge in [-0.1, -0.05) is 12.8 Å². The van der Waals surface area contributed by atoms with Gasteiger partial charge in [0.25, 0.3) is 0 Å². The smallest absolute Gasteiger partial charge is 0.220 e. The Bertz CT molecular complexity index is 204. The van der Waals surface area contributed by atoms with Gasteiger partial charge in [0.05, 0.1) is 0 Å². The summed E-state index contributed by atoms with van der Waals surface area (Å²) in [6.07, 6.45) is 6.95. The molecule has 1 aliphatic heterocycles. The highest BCUT2D eigenvalue weighted by Gasteiger charge is 2.15. The number of rotatable bonds is 9. The molecule has 0 aromatic carbocycles. The summed E-state index contributed by atoms with van der Waals surface area (Å²) < 4.78 is 0. The van der Waals surface area contributed by atoms with Gasteiger partial charge in [-0.2, -0.15) is 0 Å². The van der Waals surface area contributed by atoms with Crippen LogP contribution in [0.1, 0.15) is 44.9 Å². The Morgan fingerprint density at radius 2 is 2.12 bits per heavy atom. The van der Waals surface area contributed by atoms with Gasteiger partial charge in [0, 0.05) is 19.6 Å². The lowest BCUT2D eigenvalue weighted by Gasteiger charge is -2.08. The van der Waals surface area contributed by atoms with Gasteiger partial charge in [-0.3, -0.25) is 4.79 Å². The Balaban J connectivity index is 1.87. The summed E-state index contributed by atoms with van der Waals surface area (Å²) in [5.41, 5.74) is 0. The van der Waals surface area contributed by atoms with Crippen molar-refractivity contribution < 1.29 is 9.90 Å². The van der Waals surface area contributed by atoms with Crippen molar-refractivity contribution in [2.24, 2.45) is 5.92 Å². The first-order valence-electron chi connectivity index (χ1n) is 6.91. The summed E-state index contributed by atoms with van der Waals surface area (Å²) in [4.78, 5) is 11.5. The van der Waals surface area contributed by atoms with E-state index in [2.05, 4.69) is 10.6 Å². The first-order chi connectivity index (χ1) is 8.33. The second kappa shape index (κ2) is 9.42. The zero-order valence-electron chi connectivity index (χ0n) is 10.7. The molecule has 1 atom stereocenters. The average Bonchev–Trinajstić information content (AvgIpc) is 2.84. The van der Waals surface area contributed by atoms with Gasteiger partial charge in [0.1, 0.15) is 0 Å². The normalized spacial score (nSPS) is 19.5. The number of carbonyl (C=O) groups is 1. The van der Waals surface area contributed by atoms with E-state index in [1.165, 1.54) is 6.42 Å². The van der Waals surface area contributed by atoms with E-state index >= 15 is 0 Å². The number of hydrogen-bond acceptors (Lipinski definition) is 3. The number of aliphatic hydroxyl groups excluding tert-OH is 1. The van der Waals surface area contributed by atoms with Crippen LogP contribution in [0.25, 0.3) is 0 Å². The third-order valence-electron chi connectivity index (χ3n) is 3.35. The molecule has 1 unspecified atom stereocenters. The molecule has 4 nitrogen and oxygen atoms in total. The molecule has 1 heterocycles. The van der Waals surface area contributed by atoms with Crippen LogP contribution >= 0.6 is 0 Å². The lowest BCUT2D eigenvalue weighted by molar-refractivity contribution is -0.121. The SMILES string of the molecule is O=C(CCC1CCNC1)NCCCCCCO. The molecule has 1 aliphatic rings. The largest absolute Gasteiger partial charge is 0.396 e. The fourth-order valence-electron chi connectivity index (χ4n) is 2.20. The highest BCUT2D eigenvalue weighted by molar-refractivity contribution is 5.75. The number of unbranched alkanes of at least 4 members (excludes halogenated alkanes) is 3. The lowest BCUT2D eigenvalue weighted by Crippen LogP contribution is -2.25. The highest BCUT2D eigenvalue weighted by Crippen LogP contribution is 2.13. The predicted octanol–water partition coefficient (Wildman–Crippen LogP) is 1.04. The predicted molar refractivity (Wildman–Crippen MR) is 68.8 cm³/mol. The van der Waals surface area contributed by atoms with Crippen LogP contribution in [0, 0.1) is 5.92 Å². The second-order valence-corrected chi connectivity index (χ2v) is 4.89. The van der Waals surface area contributed by atoms with Crippen molar-refractivity contribution in [3.63, 3.8) is 0 Å². The minimum Gasteiger partial charge on any atom is -0.396 e. The maximum atomic E-state index is 11.5. The van der Waals surface area contributed by atoms with Gasteiger partial charge < -0.3 is 15.7 Å². The molecule has 1 rings (SSSR count). The number of nitrogens with one attached hydrogen (secondary N) is 2. The van der Waals surface area contributed by atoms with Crippen molar-refractivity contribution in [2.45, 2.75) is 44.9 Å². The minimum atomic E-state index is 0.194. The van der Waals surface area contributed by atoms with E-state index in [9.17, 15) is 4.79 Å². The van der Waals surface area contributed by atoms with Crippen LogP contribution in [0.2, 0.25) is 0 Å². The zero-order chi connectivity index (χ0) is 12.3. The van der Waals surface area contributed by atoms with Crippen molar-refractivity contribution in [1.29, 1.82) is 0 Å². The molecule has 4 heteroatoms. The molecule has 1 amide bonds. The fourth-order valence-corrected chi connectivity index (χ4v) is 2.20. The molecule has 17 heavy (non-hydrogen) atoms. The van der Waals surface area contributed by atoms with E-state index in [-0.39, 0.29) is 12.5 Å². The van der Waals surface area contributed by atoms with Gasteiger partial charge in [0.15, 0.2) is 0 Å². The van der Waals surface area contributed by atoms with Crippen LogP contribution in [0.15, 0.2) is 0 Å². The lowest BCUT2D eigenvalue weighted by atomic mass is 10.0. The summed E-state index contributed by atoms with van der Waals surface area (Å²) in [5, 5.41) is 14.9. The molecular formula is C13H26N2O2. The summed E-state index contributed by atoms with van der Waals surface area (Å²) in [6.45, 7) is 3.25. The highest BCUT2D eigenvalue weighted by atomic mass is 16.2. The van der Waals surface area contributed by atoms with Gasteiger partial charge >= 0.3 is 0 Å². The van der Waals surface area contributed by atoms with E-state index in [1.54, 1.807) is 0 Å². The van der Waals surface area contributed by atoms with Crippen molar-refractivity contribution in [3.8, 4) is 0 Å². The fraction of sp³-hybridized carbons (Fsp3) is 0.923. The van der Waals surface area contributed by atoms with Gasteiger partial charge in [-0.25, -0.2) is 0 Å². The first-order valence-corrected chi connectivity index (χ1v) is 6.91. The van der Waals surface area contributed by atoms with Crippen LogP contribution < -0.4 is 10.6 Å². The number of aliphatic hydroxyl groups is 1. The third-order valence-corrected chi connectivity index (χ3v) is 3.35. The van der Waals surface area contributed by atoms with Gasteiger partial charge in [-0.15, -0.1) is 0 Å². The topological polar surface area (TPSA) is 61.4 Å². The molecule has 0 aromatic rings. The number of amides is 1. The maximum absolute atomic E-state index is 11.5. The van der Waals surface area contributed by atoms with E-state index < -0.39 is 0 Å². The molecule has 1 fully saturated rings. The molecule has 1 saturated heterocycles. The van der Waals surface area contributed by atoms with Crippen LogP contribution in [0.5, 0.6) is 0 Å². The molecule has 0 spiro atoms. The molecule has 0 bridgehead atoms. The maximum Gasteiger partial charge on any atom is 0.220 e. The summed E-state index contributed by atoms with van der Waals surface area (Å²) in [7, 11) is 0. The Labute approximate surface area is 104 Å². The van der Waals surface area contributed by atoms with E-state index in [1.807, 2.05) is 0 Å². The van der Waals surface area contributed by atoms with Crippen LogP contribution in [0.3, 0.4) is 0 Å². The zero-order valence-corrected chi connectivity index (χ0v) is 10.7. The molecule has 0 radical (unpaired) electrons. The van der Waals surface area contributed by atoms with Crippen LogP contribution in [0.4, 0.5) is 0 Å². The van der Waals surface area contributed by atoms with Crippen LogP contribution in [-0.2, 0) is 4.79 Å². The molecule has 0 aromatic heterocycles. The average molecular weight is 242 g/mol. The van der Waals surface area contributed by atoms with Gasteiger partial charge in [-0.05, 0) is 44.7 Å². The molecule has 0 saturated carbocycles. The standard InChI is InChI=1S/C13H26N2O2/c16-10-4-2-1-3-8-15-13(17)6-5-12-7-9-14-11-12/h12,14,16H,1-11H2,(H,15,17). The van der Waals surface area contributed by atoms with Crippen molar-refractivity contribution in [1.82, 2.24) is 10.6 Å². The second-order valence-electron chi connectivity index (χ2n) is 4.89. The Morgan fingerprint density at radius 3 is 2.82 bits per heavy atom. The van der Waals surface area contributed by atoms with Crippen LogP contribution in [-0.4, -0.2) is 37.3 Å². The number of hydrogen-bond donors (Lipinski definition) is 3. The Kier molecular flexibility index (Phi) is 8.01. The van der Waals surface area contributed by atoms with Crippen molar-refractivity contribution in [2.75, 3.05) is 26.2 Å². The quantitative estimate of drug-likeness (QED) is 0.530. The summed E-state index contributed by atoms with van der Waals surface area (Å²) in [5.74, 6) is 0.893. The van der Waals surface area contributed by atoms with E-state index in [4.69, 9.17) is 5.11 Å². The monoisotopic (exact) mass is 242 g/mol. The van der Waals surface area contributed by atoms with E-state index in [0.29, 0.717) is 12.3 Å². The first kappa shape index (κ1) is 14.5. The molecule has 3 N–H and O–H groups in total. The summed E-state index contributed by atoms with van der Waals surface area (Å²) >= 11 is 0.